The van der Waals surface area contributed by atoms with Crippen molar-refractivity contribution in [2.75, 3.05) is 13.2 Å². The van der Waals surface area contributed by atoms with Crippen LogP contribution >= 0.6 is 0 Å². The van der Waals surface area contributed by atoms with Gasteiger partial charge in [-0.3, -0.25) is 9.59 Å². The lowest BCUT2D eigenvalue weighted by Gasteiger charge is -2.20. The van der Waals surface area contributed by atoms with Gasteiger partial charge in [0, 0.05) is 12.8 Å². The van der Waals surface area contributed by atoms with E-state index in [4.69, 9.17) is 4.74 Å². The van der Waals surface area contributed by atoms with Gasteiger partial charge in [-0.05, 0) is 89.9 Å². The number of rotatable bonds is 76. The second-order valence-electron chi connectivity index (χ2n) is 27.7. The Kier molecular flexibility index (Phi) is 76.3. The molecule has 0 rings (SSSR count). The SMILES string of the molecule is CCCCC/C=C\C/C=C\CCCCCCCC(=O)OCCCCCCCCCCCCCCCC/C=C\CCCCCCCCCCCCCCCCCCCC(=O)NC(CO)C(O)/C=C/CCCCCCCCCCCCCCCCCCCCCC. The molecule has 524 valence electrons. The number of hydrogen-bond acceptors (Lipinski definition) is 5. The van der Waals surface area contributed by atoms with Gasteiger partial charge in [0.2, 0.25) is 5.91 Å². The lowest BCUT2D eigenvalue weighted by Crippen LogP contribution is -2.45. The second-order valence-corrected chi connectivity index (χ2v) is 27.7. The monoisotopic (exact) mass is 1250 g/mol. The molecule has 6 nitrogen and oxygen atoms in total. The summed E-state index contributed by atoms with van der Waals surface area (Å²) in [6.45, 7) is 4.92. The number of unbranched alkanes of at least 4 members (excludes halogenated alkanes) is 59. The smallest absolute Gasteiger partial charge is 0.305 e. The second kappa shape index (κ2) is 78.3. The van der Waals surface area contributed by atoms with Gasteiger partial charge in [0.25, 0.3) is 0 Å². The Labute approximate surface area is 556 Å². The molecule has 6 heteroatoms. The molecule has 0 spiro atoms. The molecule has 89 heavy (non-hydrogen) atoms. The van der Waals surface area contributed by atoms with Gasteiger partial charge in [-0.1, -0.05) is 390 Å². The van der Waals surface area contributed by atoms with Gasteiger partial charge in [-0.25, -0.2) is 0 Å². The first-order valence-corrected chi connectivity index (χ1v) is 40.4. The first-order chi connectivity index (χ1) is 44.0. The molecule has 0 aliphatic rings. The zero-order chi connectivity index (χ0) is 64.2. The number of amides is 1. The van der Waals surface area contributed by atoms with Gasteiger partial charge in [0.15, 0.2) is 0 Å². The van der Waals surface area contributed by atoms with Crippen LogP contribution < -0.4 is 5.32 Å². The molecule has 0 saturated heterocycles. The number of nitrogens with one attached hydrogen (secondary N) is 1. The fourth-order valence-corrected chi connectivity index (χ4v) is 12.7. The van der Waals surface area contributed by atoms with Crippen molar-refractivity contribution in [1.82, 2.24) is 5.32 Å². The summed E-state index contributed by atoms with van der Waals surface area (Å²) in [6, 6.07) is -0.627. The number of ether oxygens (including phenoxy) is 1. The average Bonchev–Trinajstić information content (AvgIpc) is 3.56. The number of esters is 1. The van der Waals surface area contributed by atoms with E-state index in [9.17, 15) is 19.8 Å². The third-order valence-corrected chi connectivity index (χ3v) is 18.8. The number of aliphatic hydroxyl groups excluding tert-OH is 2. The fourth-order valence-electron chi connectivity index (χ4n) is 12.7. The van der Waals surface area contributed by atoms with E-state index in [1.165, 1.54) is 366 Å². The normalized spacial score (nSPS) is 12.7. The van der Waals surface area contributed by atoms with Crippen LogP contribution in [0.25, 0.3) is 0 Å². The molecule has 3 N–H and O–H groups in total. The van der Waals surface area contributed by atoms with E-state index in [-0.39, 0.29) is 18.5 Å². The molecule has 0 heterocycles. The third kappa shape index (κ3) is 74.7. The maximum absolute atomic E-state index is 12.5. The first kappa shape index (κ1) is 86.8. The Morgan fingerprint density at radius 1 is 0.315 bits per heavy atom. The molecular formula is C83H157NO5. The van der Waals surface area contributed by atoms with Crippen LogP contribution in [0.15, 0.2) is 48.6 Å². The Hall–Kier alpha value is -2.18. The van der Waals surface area contributed by atoms with Gasteiger partial charge >= 0.3 is 5.97 Å². The van der Waals surface area contributed by atoms with Crippen LogP contribution in [0.4, 0.5) is 0 Å². The Morgan fingerprint density at radius 2 is 0.562 bits per heavy atom. The van der Waals surface area contributed by atoms with E-state index in [1.807, 2.05) is 6.08 Å². The summed E-state index contributed by atoms with van der Waals surface area (Å²) in [5, 5.41) is 23.3. The van der Waals surface area contributed by atoms with Crippen molar-refractivity contribution in [3.8, 4) is 0 Å². The fraction of sp³-hybridized carbons (Fsp3) is 0.880. The molecule has 0 fully saturated rings. The molecule has 0 saturated carbocycles. The lowest BCUT2D eigenvalue weighted by molar-refractivity contribution is -0.143. The molecular weight excluding hydrogens is 1090 g/mol. The minimum Gasteiger partial charge on any atom is -0.466 e. The highest BCUT2D eigenvalue weighted by Crippen LogP contribution is 2.20. The van der Waals surface area contributed by atoms with Crippen LogP contribution in [0.1, 0.15) is 444 Å². The van der Waals surface area contributed by atoms with E-state index in [0.29, 0.717) is 19.4 Å². The molecule has 1 amide bonds. The molecule has 0 aromatic carbocycles. The van der Waals surface area contributed by atoms with Gasteiger partial charge in [-0.2, -0.15) is 0 Å². The summed E-state index contributed by atoms with van der Waals surface area (Å²) >= 11 is 0. The minimum absolute atomic E-state index is 0.00636. The Balaban J connectivity index is 3.37. The molecule has 0 aliphatic heterocycles. The molecule has 2 unspecified atom stereocenters. The number of carbonyl (C=O) groups is 2. The van der Waals surface area contributed by atoms with Crippen molar-refractivity contribution in [2.45, 2.75) is 456 Å². The topological polar surface area (TPSA) is 95.9 Å². The molecule has 0 radical (unpaired) electrons. The maximum atomic E-state index is 12.5. The third-order valence-electron chi connectivity index (χ3n) is 18.8. The van der Waals surface area contributed by atoms with Crippen molar-refractivity contribution in [3.63, 3.8) is 0 Å². The Bertz CT molecular complexity index is 1490. The van der Waals surface area contributed by atoms with Gasteiger partial charge in [0.1, 0.15) is 0 Å². The van der Waals surface area contributed by atoms with Crippen molar-refractivity contribution in [3.05, 3.63) is 48.6 Å². The summed E-state index contributed by atoms with van der Waals surface area (Å²) in [5.41, 5.74) is 0. The van der Waals surface area contributed by atoms with Crippen LogP contribution in [0.2, 0.25) is 0 Å². The molecule has 0 aliphatic carbocycles. The van der Waals surface area contributed by atoms with E-state index in [2.05, 4.69) is 55.6 Å². The average molecular weight is 1250 g/mol. The number of carbonyl (C=O) groups excluding carboxylic acids is 2. The Morgan fingerprint density at radius 3 is 0.888 bits per heavy atom. The van der Waals surface area contributed by atoms with E-state index in [0.717, 1.165) is 51.4 Å². The van der Waals surface area contributed by atoms with Crippen molar-refractivity contribution >= 4 is 11.9 Å². The van der Waals surface area contributed by atoms with Gasteiger partial charge in [-0.15, -0.1) is 0 Å². The minimum atomic E-state index is -0.844. The summed E-state index contributed by atoms with van der Waals surface area (Å²) < 4.78 is 5.49. The standard InChI is InChI=1S/C83H157NO5/c1-3-5-7-9-11-13-15-17-19-20-21-22-38-41-44-48-51-55-59-63-67-71-75-81(86)80(79-85)84-82(87)76-72-68-64-60-56-52-49-45-42-39-36-34-32-30-28-26-24-23-25-27-29-31-33-35-37-40-43-46-50-54-58-62-66-70-74-78-89-83(88)77-73-69-65-61-57-53-47-18-16-14-12-10-8-6-4-2/h12,14,18,25,27,47,71,75,80-81,85-86H,3-11,13,15-17,19-24,26,28-46,48-70,72-74,76-79H2,1-2H3,(H,84,87)/b14-12-,27-25-,47-18-,75-71+. The number of hydrogen-bond donors (Lipinski definition) is 3. The van der Waals surface area contributed by atoms with Crippen LogP contribution in [-0.2, 0) is 14.3 Å². The summed E-state index contributed by atoms with van der Waals surface area (Å²) in [4.78, 5) is 24.6. The highest BCUT2D eigenvalue weighted by Gasteiger charge is 2.18. The van der Waals surface area contributed by atoms with Crippen LogP contribution in [0, 0.1) is 0 Å². The zero-order valence-corrected chi connectivity index (χ0v) is 60.2. The predicted molar refractivity (Wildman–Crippen MR) is 393 cm³/mol. The van der Waals surface area contributed by atoms with Crippen molar-refractivity contribution in [2.24, 2.45) is 0 Å². The quantitative estimate of drug-likeness (QED) is 0.0320. The van der Waals surface area contributed by atoms with Crippen LogP contribution in [0.5, 0.6) is 0 Å². The van der Waals surface area contributed by atoms with Crippen LogP contribution in [0.3, 0.4) is 0 Å². The van der Waals surface area contributed by atoms with E-state index >= 15 is 0 Å². The van der Waals surface area contributed by atoms with Gasteiger partial charge in [0.05, 0.1) is 25.4 Å². The highest BCUT2D eigenvalue weighted by atomic mass is 16.5. The number of aliphatic hydroxyl groups is 2. The summed E-state index contributed by atoms with van der Waals surface area (Å²) in [7, 11) is 0. The summed E-state index contributed by atoms with van der Waals surface area (Å²) in [5.74, 6) is -0.0536. The lowest BCUT2D eigenvalue weighted by atomic mass is 10.0. The molecule has 0 aromatic rings. The number of allylic oxidation sites excluding steroid dienone is 7. The molecule has 0 bridgehead atoms. The van der Waals surface area contributed by atoms with E-state index < -0.39 is 12.1 Å². The predicted octanol–water partition coefficient (Wildman–Crippen LogP) is 26.8. The van der Waals surface area contributed by atoms with Crippen LogP contribution in [-0.4, -0.2) is 47.4 Å². The van der Waals surface area contributed by atoms with E-state index in [1.54, 1.807) is 6.08 Å². The highest BCUT2D eigenvalue weighted by molar-refractivity contribution is 5.76. The largest absolute Gasteiger partial charge is 0.466 e. The molecule has 0 aromatic heterocycles. The van der Waals surface area contributed by atoms with Crippen molar-refractivity contribution in [1.29, 1.82) is 0 Å². The first-order valence-electron chi connectivity index (χ1n) is 40.4. The summed E-state index contributed by atoms with van der Waals surface area (Å²) in [6.07, 6.45) is 104. The zero-order valence-electron chi connectivity index (χ0n) is 60.2. The van der Waals surface area contributed by atoms with Gasteiger partial charge < -0.3 is 20.3 Å². The van der Waals surface area contributed by atoms with Crippen molar-refractivity contribution < 1.29 is 24.5 Å². The molecule has 2 atom stereocenters. The maximum Gasteiger partial charge on any atom is 0.305 e.